The largest absolute Gasteiger partial charge is 0.395 e. The summed E-state index contributed by atoms with van der Waals surface area (Å²) in [6.45, 7) is 0.924. The summed E-state index contributed by atoms with van der Waals surface area (Å²) in [6.07, 6.45) is 2.19. The number of hydrogen-bond acceptors (Lipinski definition) is 2. The van der Waals surface area contributed by atoms with E-state index in [1.807, 2.05) is 24.3 Å². The minimum absolute atomic E-state index is 0.255. The maximum absolute atomic E-state index is 13.6. The molecule has 0 radical (unpaired) electrons. The molecule has 1 heterocycles. The van der Waals surface area contributed by atoms with Crippen molar-refractivity contribution in [2.45, 2.75) is 18.9 Å². The van der Waals surface area contributed by atoms with Crippen LogP contribution in [0.2, 0.25) is 0 Å². The lowest BCUT2D eigenvalue weighted by atomic mass is 10.0. The smallest absolute Gasteiger partial charge is 0.148 e. The van der Waals surface area contributed by atoms with Crippen LogP contribution in [0.15, 0.2) is 48.5 Å². The maximum Gasteiger partial charge on any atom is 0.148 e. The number of rotatable bonds is 2. The van der Waals surface area contributed by atoms with E-state index in [2.05, 4.69) is 17.0 Å². The van der Waals surface area contributed by atoms with Gasteiger partial charge in [0.05, 0.1) is 17.4 Å². The van der Waals surface area contributed by atoms with E-state index in [9.17, 15) is 4.39 Å². The molecule has 1 atom stereocenters. The number of halogens is 1. The first kappa shape index (κ1) is 12.0. The summed E-state index contributed by atoms with van der Waals surface area (Å²) in [5.41, 5.74) is 8.22. The van der Waals surface area contributed by atoms with Crippen molar-refractivity contribution in [1.29, 1.82) is 0 Å². The minimum Gasteiger partial charge on any atom is -0.395 e. The fourth-order valence-corrected chi connectivity index (χ4v) is 2.85. The number of hydrogen-bond donors (Lipinski definition) is 1. The summed E-state index contributed by atoms with van der Waals surface area (Å²) in [5, 5.41) is 0. The molecule has 0 aliphatic carbocycles. The van der Waals surface area contributed by atoms with Crippen molar-refractivity contribution in [3.63, 3.8) is 0 Å². The highest BCUT2D eigenvalue weighted by Crippen LogP contribution is 2.39. The molecule has 0 bridgehead atoms. The Kier molecular flexibility index (Phi) is 3.11. The predicted octanol–water partition coefficient (Wildman–Crippen LogP) is 3.75. The van der Waals surface area contributed by atoms with Gasteiger partial charge in [0.25, 0.3) is 0 Å². The Morgan fingerprint density at radius 3 is 2.63 bits per heavy atom. The molecule has 0 spiro atoms. The zero-order valence-corrected chi connectivity index (χ0v) is 10.7. The third kappa shape index (κ3) is 2.16. The molecule has 19 heavy (non-hydrogen) atoms. The third-order valence-electron chi connectivity index (χ3n) is 3.78. The molecule has 3 rings (SSSR count). The fourth-order valence-electron chi connectivity index (χ4n) is 2.85. The first-order valence-corrected chi connectivity index (χ1v) is 6.63. The van der Waals surface area contributed by atoms with Crippen LogP contribution in [-0.2, 0) is 0 Å². The SMILES string of the molecule is Nc1c(F)cccc1N1CCCC1c1ccccc1. The summed E-state index contributed by atoms with van der Waals surface area (Å²) in [4.78, 5) is 2.22. The Bertz CT molecular complexity index is 568. The van der Waals surface area contributed by atoms with Gasteiger partial charge in [-0.05, 0) is 30.5 Å². The van der Waals surface area contributed by atoms with Gasteiger partial charge in [0, 0.05) is 6.54 Å². The minimum atomic E-state index is -0.337. The summed E-state index contributed by atoms with van der Waals surface area (Å²) in [5.74, 6) is -0.337. The van der Waals surface area contributed by atoms with Gasteiger partial charge in [0.1, 0.15) is 5.82 Å². The summed E-state index contributed by atoms with van der Waals surface area (Å²) >= 11 is 0. The van der Waals surface area contributed by atoms with Crippen molar-refractivity contribution in [1.82, 2.24) is 0 Å². The first-order valence-electron chi connectivity index (χ1n) is 6.63. The molecule has 1 aliphatic rings. The Labute approximate surface area is 112 Å². The molecule has 2 nitrogen and oxygen atoms in total. The second-order valence-corrected chi connectivity index (χ2v) is 4.93. The van der Waals surface area contributed by atoms with Gasteiger partial charge in [-0.3, -0.25) is 0 Å². The number of benzene rings is 2. The Hall–Kier alpha value is -2.03. The molecule has 2 N–H and O–H groups in total. The Morgan fingerprint density at radius 1 is 1.05 bits per heavy atom. The van der Waals surface area contributed by atoms with Crippen LogP contribution in [0.1, 0.15) is 24.4 Å². The van der Waals surface area contributed by atoms with E-state index in [0.29, 0.717) is 6.04 Å². The summed E-state index contributed by atoms with van der Waals surface area (Å²) in [7, 11) is 0. The van der Waals surface area contributed by atoms with Crippen LogP contribution in [0.4, 0.5) is 15.8 Å². The number of nitrogens with two attached hydrogens (primary N) is 1. The van der Waals surface area contributed by atoms with Crippen molar-refractivity contribution < 1.29 is 4.39 Å². The normalized spacial score (nSPS) is 18.8. The molecule has 1 saturated heterocycles. The quantitative estimate of drug-likeness (QED) is 0.829. The summed E-state index contributed by atoms with van der Waals surface area (Å²) in [6, 6.07) is 15.7. The van der Waals surface area contributed by atoms with Gasteiger partial charge in [0.15, 0.2) is 0 Å². The van der Waals surface area contributed by atoms with E-state index >= 15 is 0 Å². The van der Waals surface area contributed by atoms with Gasteiger partial charge in [0.2, 0.25) is 0 Å². The molecular formula is C16H17FN2. The van der Waals surface area contributed by atoms with Crippen LogP contribution in [0.5, 0.6) is 0 Å². The lowest BCUT2D eigenvalue weighted by Gasteiger charge is -2.28. The second kappa shape index (κ2) is 4.92. The zero-order chi connectivity index (χ0) is 13.2. The molecule has 0 aromatic heterocycles. The standard InChI is InChI=1S/C16H17FN2/c17-13-8-4-9-15(16(13)18)19-11-5-10-14(19)12-6-2-1-3-7-12/h1-4,6-9,14H,5,10-11,18H2. The molecular weight excluding hydrogens is 239 g/mol. The van der Waals surface area contributed by atoms with Crippen LogP contribution in [0.25, 0.3) is 0 Å². The van der Waals surface area contributed by atoms with Crippen molar-refractivity contribution in [3.05, 3.63) is 59.9 Å². The molecule has 2 aromatic carbocycles. The van der Waals surface area contributed by atoms with E-state index in [1.54, 1.807) is 6.07 Å². The van der Waals surface area contributed by atoms with Gasteiger partial charge in [-0.1, -0.05) is 36.4 Å². The van der Waals surface area contributed by atoms with Crippen LogP contribution < -0.4 is 10.6 Å². The number of nitrogen functional groups attached to an aromatic ring is 1. The third-order valence-corrected chi connectivity index (χ3v) is 3.78. The van der Waals surface area contributed by atoms with Gasteiger partial charge < -0.3 is 10.6 Å². The molecule has 1 fully saturated rings. The molecule has 3 heteroatoms. The molecule has 1 unspecified atom stereocenters. The highest BCUT2D eigenvalue weighted by molar-refractivity contribution is 5.69. The number of anilines is 2. The van der Waals surface area contributed by atoms with E-state index in [4.69, 9.17) is 5.73 Å². The highest BCUT2D eigenvalue weighted by atomic mass is 19.1. The van der Waals surface area contributed by atoms with Crippen molar-refractivity contribution >= 4 is 11.4 Å². The van der Waals surface area contributed by atoms with E-state index in [1.165, 1.54) is 11.6 Å². The monoisotopic (exact) mass is 256 g/mol. The van der Waals surface area contributed by atoms with Gasteiger partial charge in [-0.2, -0.15) is 0 Å². The van der Waals surface area contributed by atoms with Crippen molar-refractivity contribution in [3.8, 4) is 0 Å². The average Bonchev–Trinajstić information content (AvgIpc) is 2.92. The topological polar surface area (TPSA) is 29.3 Å². The molecule has 1 aliphatic heterocycles. The Morgan fingerprint density at radius 2 is 1.84 bits per heavy atom. The number of nitrogens with zero attached hydrogens (tertiary/aromatic N) is 1. The number of para-hydroxylation sites is 1. The predicted molar refractivity (Wildman–Crippen MR) is 76.6 cm³/mol. The zero-order valence-electron chi connectivity index (χ0n) is 10.7. The van der Waals surface area contributed by atoms with Crippen molar-refractivity contribution in [2.75, 3.05) is 17.2 Å². The van der Waals surface area contributed by atoms with Crippen LogP contribution >= 0.6 is 0 Å². The molecule has 2 aromatic rings. The first-order chi connectivity index (χ1) is 9.27. The molecule has 0 amide bonds. The van der Waals surface area contributed by atoms with E-state index < -0.39 is 0 Å². The van der Waals surface area contributed by atoms with Crippen LogP contribution in [-0.4, -0.2) is 6.54 Å². The van der Waals surface area contributed by atoms with Crippen LogP contribution in [0.3, 0.4) is 0 Å². The highest BCUT2D eigenvalue weighted by Gasteiger charge is 2.27. The lowest BCUT2D eigenvalue weighted by Crippen LogP contribution is -2.23. The van der Waals surface area contributed by atoms with Gasteiger partial charge in [-0.25, -0.2) is 4.39 Å². The van der Waals surface area contributed by atoms with E-state index in [0.717, 1.165) is 25.1 Å². The lowest BCUT2D eigenvalue weighted by molar-refractivity contribution is 0.630. The molecule has 98 valence electrons. The van der Waals surface area contributed by atoms with Crippen molar-refractivity contribution in [2.24, 2.45) is 0 Å². The van der Waals surface area contributed by atoms with E-state index in [-0.39, 0.29) is 11.5 Å². The summed E-state index contributed by atoms with van der Waals surface area (Å²) < 4.78 is 13.6. The fraction of sp³-hybridized carbons (Fsp3) is 0.250. The maximum atomic E-state index is 13.6. The molecule has 0 saturated carbocycles. The average molecular weight is 256 g/mol. The van der Waals surface area contributed by atoms with Gasteiger partial charge >= 0.3 is 0 Å². The van der Waals surface area contributed by atoms with Crippen LogP contribution in [0, 0.1) is 5.82 Å². The Balaban J connectivity index is 1.98. The van der Waals surface area contributed by atoms with Gasteiger partial charge in [-0.15, -0.1) is 0 Å². The second-order valence-electron chi connectivity index (χ2n) is 4.93.